The highest BCUT2D eigenvalue weighted by Gasteiger charge is 2.08. The van der Waals surface area contributed by atoms with Gasteiger partial charge in [0.25, 0.3) is 0 Å². The van der Waals surface area contributed by atoms with Crippen LogP contribution in [0.4, 0.5) is 0 Å². The molecular formula is C15H13NO2S. The maximum Gasteiger partial charge on any atom is 0.124 e. The monoisotopic (exact) mass is 271 g/mol. The first-order valence-electron chi connectivity index (χ1n) is 5.92. The summed E-state index contributed by atoms with van der Waals surface area (Å²) in [5.41, 5.74) is 2.84. The molecular weight excluding hydrogens is 258 g/mol. The minimum Gasteiger partial charge on any atom is -0.508 e. The Labute approximate surface area is 115 Å². The average molecular weight is 271 g/mol. The van der Waals surface area contributed by atoms with Crippen LogP contribution < -0.4 is 4.74 Å². The van der Waals surface area contributed by atoms with Gasteiger partial charge in [-0.3, -0.25) is 0 Å². The van der Waals surface area contributed by atoms with E-state index >= 15 is 0 Å². The van der Waals surface area contributed by atoms with Gasteiger partial charge in [-0.25, -0.2) is 4.98 Å². The lowest BCUT2D eigenvalue weighted by molar-refractivity contribution is 0.415. The lowest BCUT2D eigenvalue weighted by atomic mass is 10.1. The fourth-order valence-corrected chi connectivity index (χ4v) is 2.93. The van der Waals surface area contributed by atoms with Crippen molar-refractivity contribution in [3.05, 3.63) is 42.0 Å². The molecule has 0 bridgehead atoms. The van der Waals surface area contributed by atoms with Crippen LogP contribution in [0.5, 0.6) is 11.5 Å². The van der Waals surface area contributed by atoms with E-state index in [4.69, 9.17) is 4.74 Å². The summed E-state index contributed by atoms with van der Waals surface area (Å²) < 4.78 is 6.32. The molecule has 1 heterocycles. The van der Waals surface area contributed by atoms with Gasteiger partial charge in [0.15, 0.2) is 0 Å². The third-order valence-electron chi connectivity index (χ3n) is 3.04. The second kappa shape index (κ2) is 4.55. The molecule has 96 valence electrons. The Kier molecular flexibility index (Phi) is 2.87. The SMILES string of the molecule is COc1ccc2nc(-c3ccc(O)c(C)c3)sc2c1. The molecule has 0 radical (unpaired) electrons. The van der Waals surface area contributed by atoms with Crippen LogP contribution in [0, 0.1) is 6.92 Å². The van der Waals surface area contributed by atoms with Crippen molar-refractivity contribution in [3.8, 4) is 22.1 Å². The molecule has 3 aromatic rings. The van der Waals surface area contributed by atoms with E-state index in [-0.39, 0.29) is 0 Å². The zero-order valence-corrected chi connectivity index (χ0v) is 11.5. The number of phenolic OH excluding ortho intramolecular Hbond substituents is 1. The maximum atomic E-state index is 9.57. The molecule has 0 aliphatic carbocycles. The number of phenols is 1. The van der Waals surface area contributed by atoms with Crippen molar-refractivity contribution in [1.29, 1.82) is 0 Å². The van der Waals surface area contributed by atoms with Gasteiger partial charge in [0.1, 0.15) is 16.5 Å². The van der Waals surface area contributed by atoms with E-state index in [1.165, 1.54) is 0 Å². The third kappa shape index (κ3) is 2.15. The van der Waals surface area contributed by atoms with Gasteiger partial charge >= 0.3 is 0 Å². The highest BCUT2D eigenvalue weighted by atomic mass is 32.1. The predicted octanol–water partition coefficient (Wildman–Crippen LogP) is 3.99. The van der Waals surface area contributed by atoms with Gasteiger partial charge < -0.3 is 9.84 Å². The number of rotatable bonds is 2. The number of benzene rings is 2. The van der Waals surface area contributed by atoms with E-state index in [0.29, 0.717) is 5.75 Å². The molecule has 0 atom stereocenters. The summed E-state index contributed by atoms with van der Waals surface area (Å²) in [7, 11) is 1.66. The number of aromatic hydroxyl groups is 1. The molecule has 0 amide bonds. The Hall–Kier alpha value is -2.07. The van der Waals surface area contributed by atoms with E-state index in [0.717, 1.165) is 32.1 Å². The fourth-order valence-electron chi connectivity index (χ4n) is 1.94. The van der Waals surface area contributed by atoms with Gasteiger partial charge in [-0.15, -0.1) is 11.3 Å². The first-order valence-corrected chi connectivity index (χ1v) is 6.73. The third-order valence-corrected chi connectivity index (χ3v) is 4.11. The van der Waals surface area contributed by atoms with Gasteiger partial charge in [0.05, 0.1) is 17.3 Å². The number of nitrogens with zero attached hydrogens (tertiary/aromatic N) is 1. The first-order chi connectivity index (χ1) is 9.17. The molecule has 0 aliphatic heterocycles. The lowest BCUT2D eigenvalue weighted by Crippen LogP contribution is -1.80. The molecule has 0 unspecified atom stereocenters. The number of hydrogen-bond acceptors (Lipinski definition) is 4. The number of aryl methyl sites for hydroxylation is 1. The van der Waals surface area contributed by atoms with Gasteiger partial charge in [-0.2, -0.15) is 0 Å². The summed E-state index contributed by atoms with van der Waals surface area (Å²) in [6, 6.07) is 11.4. The first kappa shape index (κ1) is 12.0. The minimum atomic E-state index is 0.312. The van der Waals surface area contributed by atoms with E-state index in [9.17, 15) is 5.11 Å². The summed E-state index contributed by atoms with van der Waals surface area (Å²) in [5.74, 6) is 1.15. The Bertz CT molecular complexity index is 749. The minimum absolute atomic E-state index is 0.312. The lowest BCUT2D eigenvalue weighted by Gasteiger charge is -2.00. The second-order valence-electron chi connectivity index (χ2n) is 4.35. The van der Waals surface area contributed by atoms with Crippen LogP contribution in [0.2, 0.25) is 0 Å². The smallest absolute Gasteiger partial charge is 0.124 e. The Morgan fingerprint density at radius 2 is 2.00 bits per heavy atom. The van der Waals surface area contributed by atoms with Crippen molar-refractivity contribution in [1.82, 2.24) is 4.98 Å². The normalized spacial score (nSPS) is 10.8. The van der Waals surface area contributed by atoms with Crippen molar-refractivity contribution in [3.63, 3.8) is 0 Å². The van der Waals surface area contributed by atoms with Crippen LogP contribution in [0.25, 0.3) is 20.8 Å². The molecule has 0 saturated heterocycles. The van der Waals surface area contributed by atoms with Gasteiger partial charge in [0.2, 0.25) is 0 Å². The van der Waals surface area contributed by atoms with Crippen LogP contribution >= 0.6 is 11.3 Å². The summed E-state index contributed by atoms with van der Waals surface area (Å²) in [5, 5.41) is 10.5. The molecule has 0 spiro atoms. The Morgan fingerprint density at radius 1 is 1.16 bits per heavy atom. The van der Waals surface area contributed by atoms with Crippen molar-refractivity contribution < 1.29 is 9.84 Å². The number of ether oxygens (including phenoxy) is 1. The maximum absolute atomic E-state index is 9.57. The van der Waals surface area contributed by atoms with Gasteiger partial charge in [0, 0.05) is 5.56 Å². The molecule has 0 fully saturated rings. The standard InChI is InChI=1S/C15H13NO2S/c1-9-7-10(3-6-13(9)17)15-16-12-5-4-11(18-2)8-14(12)19-15/h3-8,17H,1-2H3. The van der Waals surface area contributed by atoms with Gasteiger partial charge in [-0.1, -0.05) is 0 Å². The highest BCUT2D eigenvalue weighted by molar-refractivity contribution is 7.21. The van der Waals surface area contributed by atoms with Gasteiger partial charge in [-0.05, 0) is 48.9 Å². The molecule has 2 aromatic carbocycles. The van der Waals surface area contributed by atoms with E-state index in [1.54, 1.807) is 24.5 Å². The van der Waals surface area contributed by atoms with Crippen LogP contribution in [-0.4, -0.2) is 17.2 Å². The van der Waals surface area contributed by atoms with E-state index < -0.39 is 0 Å². The van der Waals surface area contributed by atoms with Crippen molar-refractivity contribution in [2.24, 2.45) is 0 Å². The zero-order chi connectivity index (χ0) is 13.4. The Morgan fingerprint density at radius 3 is 2.74 bits per heavy atom. The number of thiazole rings is 1. The molecule has 1 aromatic heterocycles. The van der Waals surface area contributed by atoms with Crippen LogP contribution in [0.15, 0.2) is 36.4 Å². The van der Waals surface area contributed by atoms with Crippen molar-refractivity contribution in [2.45, 2.75) is 6.92 Å². The summed E-state index contributed by atoms with van der Waals surface area (Å²) in [4.78, 5) is 4.61. The van der Waals surface area contributed by atoms with Crippen LogP contribution in [0.1, 0.15) is 5.56 Å². The molecule has 1 N–H and O–H groups in total. The predicted molar refractivity (Wildman–Crippen MR) is 78.0 cm³/mol. The van der Waals surface area contributed by atoms with E-state index in [2.05, 4.69) is 4.98 Å². The molecule has 19 heavy (non-hydrogen) atoms. The number of aromatic nitrogens is 1. The number of methoxy groups -OCH3 is 1. The topological polar surface area (TPSA) is 42.4 Å². The largest absolute Gasteiger partial charge is 0.508 e. The number of hydrogen-bond donors (Lipinski definition) is 1. The van der Waals surface area contributed by atoms with Crippen molar-refractivity contribution >= 4 is 21.6 Å². The molecule has 3 nitrogen and oxygen atoms in total. The quantitative estimate of drug-likeness (QED) is 0.766. The molecule has 0 saturated carbocycles. The number of fused-ring (bicyclic) bond motifs is 1. The second-order valence-corrected chi connectivity index (χ2v) is 5.38. The van der Waals surface area contributed by atoms with E-state index in [1.807, 2.05) is 37.3 Å². The summed E-state index contributed by atoms with van der Waals surface area (Å²) in [6.45, 7) is 1.88. The molecule has 4 heteroatoms. The zero-order valence-electron chi connectivity index (χ0n) is 10.7. The summed E-state index contributed by atoms with van der Waals surface area (Å²) in [6.07, 6.45) is 0. The molecule has 0 aliphatic rings. The fraction of sp³-hybridized carbons (Fsp3) is 0.133. The van der Waals surface area contributed by atoms with Crippen LogP contribution in [-0.2, 0) is 0 Å². The summed E-state index contributed by atoms with van der Waals surface area (Å²) >= 11 is 1.62. The average Bonchev–Trinajstić information content (AvgIpc) is 2.84. The van der Waals surface area contributed by atoms with Crippen molar-refractivity contribution in [2.75, 3.05) is 7.11 Å². The highest BCUT2D eigenvalue weighted by Crippen LogP contribution is 2.33. The Balaban J connectivity index is 2.11. The van der Waals surface area contributed by atoms with Crippen LogP contribution in [0.3, 0.4) is 0 Å². The molecule has 3 rings (SSSR count).